The van der Waals surface area contributed by atoms with Crippen LogP contribution in [0.3, 0.4) is 0 Å². The lowest BCUT2D eigenvalue weighted by atomic mass is 10.1. The van der Waals surface area contributed by atoms with Gasteiger partial charge in [0, 0.05) is 22.5 Å². The standard InChI is InChI=1S/C8H7Cl2NO2/c1-5-6(4-9)2-7(10)3-8(5)11(12)13/h2-3H,4H2,1H3. The molecule has 70 valence electrons. The van der Waals surface area contributed by atoms with E-state index in [1.54, 1.807) is 13.0 Å². The number of rotatable bonds is 2. The Morgan fingerprint density at radius 3 is 2.62 bits per heavy atom. The zero-order valence-electron chi connectivity index (χ0n) is 6.88. The Morgan fingerprint density at radius 1 is 1.54 bits per heavy atom. The van der Waals surface area contributed by atoms with Crippen molar-refractivity contribution < 1.29 is 4.92 Å². The first-order chi connectivity index (χ1) is 6.06. The van der Waals surface area contributed by atoms with Gasteiger partial charge in [-0.2, -0.15) is 0 Å². The van der Waals surface area contributed by atoms with Gasteiger partial charge in [-0.1, -0.05) is 11.6 Å². The second-order valence-electron chi connectivity index (χ2n) is 2.60. The Kier molecular flexibility index (Phi) is 3.12. The van der Waals surface area contributed by atoms with Gasteiger partial charge in [0.25, 0.3) is 5.69 Å². The van der Waals surface area contributed by atoms with Crippen LogP contribution in [0.1, 0.15) is 11.1 Å². The molecule has 0 aliphatic carbocycles. The van der Waals surface area contributed by atoms with Crippen molar-refractivity contribution in [2.45, 2.75) is 12.8 Å². The molecule has 3 nitrogen and oxygen atoms in total. The summed E-state index contributed by atoms with van der Waals surface area (Å²) in [6.45, 7) is 1.66. The van der Waals surface area contributed by atoms with Crippen LogP contribution in [-0.2, 0) is 5.88 Å². The fourth-order valence-corrected chi connectivity index (χ4v) is 1.56. The molecule has 1 aromatic carbocycles. The average molecular weight is 220 g/mol. The van der Waals surface area contributed by atoms with Crippen LogP contribution in [-0.4, -0.2) is 4.92 Å². The molecule has 5 heteroatoms. The largest absolute Gasteiger partial charge is 0.274 e. The predicted octanol–water partition coefficient (Wildman–Crippen LogP) is 3.30. The van der Waals surface area contributed by atoms with Gasteiger partial charge < -0.3 is 0 Å². The Morgan fingerprint density at radius 2 is 2.15 bits per heavy atom. The van der Waals surface area contributed by atoms with Gasteiger partial charge in [0.2, 0.25) is 0 Å². The van der Waals surface area contributed by atoms with E-state index < -0.39 is 4.92 Å². The van der Waals surface area contributed by atoms with Gasteiger partial charge in [0.1, 0.15) is 0 Å². The minimum atomic E-state index is -0.461. The SMILES string of the molecule is Cc1c(CCl)cc(Cl)cc1[N+](=O)[O-]. The highest BCUT2D eigenvalue weighted by Crippen LogP contribution is 2.27. The highest BCUT2D eigenvalue weighted by molar-refractivity contribution is 6.31. The Bertz CT molecular complexity index is 352. The first-order valence-electron chi connectivity index (χ1n) is 3.55. The zero-order valence-corrected chi connectivity index (χ0v) is 8.39. The normalized spacial score (nSPS) is 10.1. The van der Waals surface area contributed by atoms with Crippen LogP contribution in [0.4, 0.5) is 5.69 Å². The van der Waals surface area contributed by atoms with Crippen molar-refractivity contribution in [3.63, 3.8) is 0 Å². The van der Waals surface area contributed by atoms with Crippen molar-refractivity contribution in [1.82, 2.24) is 0 Å². The Hall–Kier alpha value is -0.800. The smallest absolute Gasteiger partial charge is 0.258 e. The third kappa shape index (κ3) is 2.11. The lowest BCUT2D eigenvalue weighted by Crippen LogP contribution is -1.95. The number of nitro benzene ring substituents is 1. The average Bonchev–Trinajstić information content (AvgIpc) is 2.08. The molecule has 0 fully saturated rings. The van der Waals surface area contributed by atoms with Gasteiger partial charge in [-0.15, -0.1) is 11.6 Å². The van der Waals surface area contributed by atoms with Crippen molar-refractivity contribution in [2.75, 3.05) is 0 Å². The lowest BCUT2D eigenvalue weighted by Gasteiger charge is -2.03. The molecule has 0 aliphatic heterocycles. The highest BCUT2D eigenvalue weighted by atomic mass is 35.5. The third-order valence-electron chi connectivity index (χ3n) is 1.79. The van der Waals surface area contributed by atoms with E-state index in [2.05, 4.69) is 0 Å². The maximum absolute atomic E-state index is 10.5. The molecular weight excluding hydrogens is 213 g/mol. The van der Waals surface area contributed by atoms with E-state index in [4.69, 9.17) is 23.2 Å². The summed E-state index contributed by atoms with van der Waals surface area (Å²) in [6.07, 6.45) is 0. The summed E-state index contributed by atoms with van der Waals surface area (Å²) in [4.78, 5) is 10.1. The van der Waals surface area contributed by atoms with Crippen molar-refractivity contribution in [3.05, 3.63) is 38.4 Å². The quantitative estimate of drug-likeness (QED) is 0.436. The summed E-state index contributed by atoms with van der Waals surface area (Å²) in [6, 6.07) is 2.96. The maximum atomic E-state index is 10.5. The monoisotopic (exact) mass is 219 g/mol. The Balaban J connectivity index is 3.35. The minimum Gasteiger partial charge on any atom is -0.258 e. The number of halogens is 2. The van der Waals surface area contributed by atoms with E-state index in [-0.39, 0.29) is 11.6 Å². The summed E-state index contributed by atoms with van der Waals surface area (Å²) in [5.41, 5.74) is 1.29. The molecule has 1 rings (SSSR count). The Labute approximate surface area is 85.4 Å². The molecule has 1 aromatic rings. The predicted molar refractivity (Wildman–Crippen MR) is 52.4 cm³/mol. The van der Waals surface area contributed by atoms with Gasteiger partial charge >= 0.3 is 0 Å². The van der Waals surface area contributed by atoms with Crippen LogP contribution in [0.25, 0.3) is 0 Å². The molecular formula is C8H7Cl2NO2. The van der Waals surface area contributed by atoms with E-state index in [1.807, 2.05) is 0 Å². The molecule has 0 unspecified atom stereocenters. The van der Waals surface area contributed by atoms with Gasteiger partial charge in [-0.3, -0.25) is 10.1 Å². The molecule has 0 saturated carbocycles. The molecule has 0 aliphatic rings. The third-order valence-corrected chi connectivity index (χ3v) is 2.30. The summed E-state index contributed by atoms with van der Waals surface area (Å²) >= 11 is 11.3. The number of nitrogens with zero attached hydrogens (tertiary/aromatic N) is 1. The van der Waals surface area contributed by atoms with E-state index in [9.17, 15) is 10.1 Å². The van der Waals surface area contributed by atoms with Crippen molar-refractivity contribution in [3.8, 4) is 0 Å². The number of hydrogen-bond donors (Lipinski definition) is 0. The summed E-state index contributed by atoms with van der Waals surface area (Å²) in [5, 5.41) is 10.9. The number of hydrogen-bond acceptors (Lipinski definition) is 2. The number of nitro groups is 1. The lowest BCUT2D eigenvalue weighted by molar-refractivity contribution is -0.385. The topological polar surface area (TPSA) is 43.1 Å². The first kappa shape index (κ1) is 10.3. The molecule has 0 amide bonds. The molecule has 0 radical (unpaired) electrons. The molecule has 0 saturated heterocycles. The molecule has 0 atom stereocenters. The zero-order chi connectivity index (χ0) is 10.0. The van der Waals surface area contributed by atoms with E-state index in [1.165, 1.54) is 6.07 Å². The molecule has 0 heterocycles. The van der Waals surface area contributed by atoms with Crippen molar-refractivity contribution in [2.24, 2.45) is 0 Å². The number of benzene rings is 1. The van der Waals surface area contributed by atoms with Gasteiger partial charge in [0.15, 0.2) is 0 Å². The van der Waals surface area contributed by atoms with Crippen molar-refractivity contribution >= 4 is 28.9 Å². The number of alkyl halides is 1. The van der Waals surface area contributed by atoms with Crippen LogP contribution in [0, 0.1) is 17.0 Å². The minimum absolute atomic E-state index is 0.0168. The summed E-state index contributed by atoms with van der Waals surface area (Å²) in [7, 11) is 0. The molecule has 0 bridgehead atoms. The van der Waals surface area contributed by atoms with Gasteiger partial charge in [-0.05, 0) is 18.6 Å². The first-order valence-corrected chi connectivity index (χ1v) is 4.47. The molecule has 0 N–H and O–H groups in total. The highest BCUT2D eigenvalue weighted by Gasteiger charge is 2.14. The second kappa shape index (κ2) is 3.94. The van der Waals surface area contributed by atoms with Gasteiger partial charge in [-0.25, -0.2) is 0 Å². The van der Waals surface area contributed by atoms with E-state index in [0.29, 0.717) is 16.1 Å². The van der Waals surface area contributed by atoms with Crippen LogP contribution in [0.15, 0.2) is 12.1 Å². The second-order valence-corrected chi connectivity index (χ2v) is 3.30. The van der Waals surface area contributed by atoms with Crippen LogP contribution in [0.5, 0.6) is 0 Å². The summed E-state index contributed by atoms with van der Waals surface area (Å²) < 4.78 is 0. The maximum Gasteiger partial charge on any atom is 0.274 e. The molecule has 0 spiro atoms. The van der Waals surface area contributed by atoms with E-state index >= 15 is 0 Å². The molecule has 0 aromatic heterocycles. The fraction of sp³-hybridized carbons (Fsp3) is 0.250. The fourth-order valence-electron chi connectivity index (χ4n) is 1.05. The van der Waals surface area contributed by atoms with Crippen LogP contribution >= 0.6 is 23.2 Å². The van der Waals surface area contributed by atoms with E-state index in [0.717, 1.165) is 0 Å². The van der Waals surface area contributed by atoms with Gasteiger partial charge in [0.05, 0.1) is 4.92 Å². The van der Waals surface area contributed by atoms with Crippen molar-refractivity contribution in [1.29, 1.82) is 0 Å². The summed E-state index contributed by atoms with van der Waals surface area (Å²) in [5.74, 6) is 0.229. The van der Waals surface area contributed by atoms with Crippen LogP contribution < -0.4 is 0 Å². The van der Waals surface area contributed by atoms with Crippen LogP contribution in [0.2, 0.25) is 5.02 Å². The molecule has 13 heavy (non-hydrogen) atoms.